The molecule has 1 aromatic carbocycles. The quantitative estimate of drug-likeness (QED) is 0.450. The lowest BCUT2D eigenvalue weighted by Crippen LogP contribution is -2.12. The molecule has 0 aliphatic heterocycles. The van der Waals surface area contributed by atoms with Crippen LogP contribution in [-0.4, -0.2) is 38.1 Å². The molecule has 0 saturated heterocycles. The number of Topliss-reactive ketones (excluding diaryl/α,β-unsaturated/α-hetero) is 1. The van der Waals surface area contributed by atoms with Crippen LogP contribution in [0.15, 0.2) is 47.4 Å². The zero-order chi connectivity index (χ0) is 19.5. The zero-order valence-corrected chi connectivity index (χ0v) is 16.1. The topological polar surface area (TPSA) is 107 Å². The van der Waals surface area contributed by atoms with Crippen LogP contribution in [0.1, 0.15) is 20.6 Å². The van der Waals surface area contributed by atoms with E-state index in [4.69, 9.17) is 4.74 Å². The van der Waals surface area contributed by atoms with Gasteiger partial charge in [0.1, 0.15) is 17.1 Å². The summed E-state index contributed by atoms with van der Waals surface area (Å²) in [7, 11) is 1.60. The van der Waals surface area contributed by atoms with Gasteiger partial charge in [0.25, 0.3) is 0 Å². The average molecular weight is 408 g/mol. The second kappa shape index (κ2) is 7.67. The number of thiazole rings is 1. The number of tetrazole rings is 1. The van der Waals surface area contributed by atoms with Gasteiger partial charge in [-0.15, -0.1) is 27.8 Å². The van der Waals surface area contributed by atoms with Crippen molar-refractivity contribution in [2.24, 2.45) is 0 Å². The lowest BCUT2D eigenvalue weighted by Gasteiger charge is -2.06. The number of carbonyl (C=O) groups excluding carboxylic acids is 1. The van der Waals surface area contributed by atoms with Crippen molar-refractivity contribution >= 4 is 28.5 Å². The molecule has 0 radical (unpaired) electrons. The third-order valence-corrected chi connectivity index (χ3v) is 5.84. The summed E-state index contributed by atoms with van der Waals surface area (Å²) in [5.74, 6) is -0.568. The van der Waals surface area contributed by atoms with Crippen LogP contribution in [0.4, 0.5) is 0 Å². The van der Waals surface area contributed by atoms with Gasteiger partial charge in [-0.1, -0.05) is 0 Å². The minimum atomic E-state index is -0.995. The van der Waals surface area contributed by atoms with Crippen LogP contribution in [0.3, 0.4) is 0 Å². The Bertz CT molecular complexity index is 1140. The van der Waals surface area contributed by atoms with Crippen LogP contribution < -0.4 is 4.74 Å². The number of methoxy groups -OCH3 is 1. The number of nitrogens with zero attached hydrogens (tertiary/aromatic N) is 6. The number of hydrogen-bond donors (Lipinski definition) is 0. The first-order chi connectivity index (χ1) is 13.7. The molecule has 3 heterocycles. The average Bonchev–Trinajstić information content (AvgIpc) is 3.49. The SMILES string of the molecule is COc1ccc(-c2csc(C(C#N)C(=O)c3sccc3-n3cnnn3)n2)cc1. The molecular weight excluding hydrogens is 396 g/mol. The largest absolute Gasteiger partial charge is 0.497 e. The lowest BCUT2D eigenvalue weighted by atomic mass is 10.0. The summed E-state index contributed by atoms with van der Waals surface area (Å²) in [5, 5.41) is 24.7. The maximum Gasteiger partial charge on any atom is 0.199 e. The molecule has 0 saturated carbocycles. The Labute approximate surface area is 167 Å². The van der Waals surface area contributed by atoms with Crippen molar-refractivity contribution < 1.29 is 9.53 Å². The molecule has 0 fully saturated rings. The fourth-order valence-corrected chi connectivity index (χ4v) is 4.33. The number of aromatic nitrogens is 5. The molecule has 8 nitrogen and oxygen atoms in total. The van der Waals surface area contributed by atoms with Gasteiger partial charge >= 0.3 is 0 Å². The summed E-state index contributed by atoms with van der Waals surface area (Å²) in [6, 6.07) is 11.3. The molecule has 1 atom stereocenters. The first-order valence-corrected chi connectivity index (χ1v) is 9.81. The van der Waals surface area contributed by atoms with E-state index in [1.807, 2.05) is 29.6 Å². The van der Waals surface area contributed by atoms with Crippen LogP contribution in [0, 0.1) is 11.3 Å². The molecule has 0 aliphatic carbocycles. The van der Waals surface area contributed by atoms with Gasteiger partial charge in [0.2, 0.25) is 0 Å². The fraction of sp³-hybridized carbons (Fsp3) is 0.111. The van der Waals surface area contributed by atoms with Crippen molar-refractivity contribution in [2.45, 2.75) is 5.92 Å². The Morgan fingerprint density at radius 1 is 1.25 bits per heavy atom. The monoisotopic (exact) mass is 408 g/mol. The predicted molar refractivity (Wildman–Crippen MR) is 104 cm³/mol. The maximum atomic E-state index is 13.0. The Hall–Kier alpha value is -3.42. The number of benzene rings is 1. The first-order valence-electron chi connectivity index (χ1n) is 8.06. The molecule has 0 aliphatic rings. The van der Waals surface area contributed by atoms with Crippen LogP contribution >= 0.6 is 22.7 Å². The van der Waals surface area contributed by atoms with E-state index in [-0.39, 0.29) is 5.78 Å². The molecular formula is C18H12N6O2S2. The number of carbonyl (C=O) groups is 1. The van der Waals surface area contributed by atoms with Gasteiger partial charge < -0.3 is 4.74 Å². The molecule has 1 unspecified atom stereocenters. The van der Waals surface area contributed by atoms with Gasteiger partial charge in [-0.25, -0.2) is 4.98 Å². The van der Waals surface area contributed by atoms with E-state index in [1.165, 1.54) is 33.7 Å². The second-order valence-corrected chi connectivity index (χ2v) is 7.42. The predicted octanol–water partition coefficient (Wildman–Crippen LogP) is 3.35. The first kappa shape index (κ1) is 18.0. The Balaban J connectivity index is 1.63. The molecule has 4 aromatic rings. The van der Waals surface area contributed by atoms with E-state index in [0.29, 0.717) is 21.3 Å². The standard InChI is InChI=1S/C18H12N6O2S2/c1-26-12-4-2-11(3-5-12)14-9-28-18(21-14)13(8-19)16(25)17-15(6-7-27-17)24-10-20-22-23-24/h2-7,9-10,13H,1H3. The van der Waals surface area contributed by atoms with Gasteiger partial charge in [-0.3, -0.25) is 4.79 Å². The minimum Gasteiger partial charge on any atom is -0.497 e. The van der Waals surface area contributed by atoms with Crippen molar-refractivity contribution in [3.05, 3.63) is 57.3 Å². The summed E-state index contributed by atoms with van der Waals surface area (Å²) < 4.78 is 6.57. The number of ketones is 1. The summed E-state index contributed by atoms with van der Waals surface area (Å²) in [6.45, 7) is 0. The highest BCUT2D eigenvalue weighted by molar-refractivity contribution is 7.13. The Kier molecular flexibility index (Phi) is 4.92. The van der Waals surface area contributed by atoms with E-state index in [9.17, 15) is 10.1 Å². The number of nitriles is 1. The molecule has 0 bridgehead atoms. The molecule has 0 N–H and O–H groups in total. The molecule has 0 spiro atoms. The smallest absolute Gasteiger partial charge is 0.199 e. The van der Waals surface area contributed by atoms with Gasteiger partial charge in [0.05, 0.1) is 29.4 Å². The van der Waals surface area contributed by atoms with E-state index in [2.05, 4.69) is 26.6 Å². The zero-order valence-electron chi connectivity index (χ0n) is 14.5. The molecule has 0 amide bonds. The van der Waals surface area contributed by atoms with Gasteiger partial charge in [0.15, 0.2) is 11.7 Å². The van der Waals surface area contributed by atoms with Crippen molar-refractivity contribution in [2.75, 3.05) is 7.11 Å². The van der Waals surface area contributed by atoms with Crippen molar-refractivity contribution in [1.82, 2.24) is 25.2 Å². The molecule has 10 heteroatoms. The van der Waals surface area contributed by atoms with E-state index < -0.39 is 5.92 Å². The maximum absolute atomic E-state index is 13.0. The minimum absolute atomic E-state index is 0.321. The van der Waals surface area contributed by atoms with Crippen molar-refractivity contribution in [1.29, 1.82) is 5.26 Å². The van der Waals surface area contributed by atoms with Crippen LogP contribution in [-0.2, 0) is 0 Å². The van der Waals surface area contributed by atoms with Crippen LogP contribution in [0.5, 0.6) is 5.75 Å². The summed E-state index contributed by atoms with van der Waals surface area (Å²) in [6.07, 6.45) is 1.41. The lowest BCUT2D eigenvalue weighted by molar-refractivity contribution is 0.0982. The highest BCUT2D eigenvalue weighted by Gasteiger charge is 2.28. The summed E-state index contributed by atoms with van der Waals surface area (Å²) in [5.41, 5.74) is 2.15. The third kappa shape index (κ3) is 3.28. The molecule has 3 aromatic heterocycles. The van der Waals surface area contributed by atoms with Crippen LogP contribution in [0.2, 0.25) is 0 Å². The highest BCUT2D eigenvalue weighted by Crippen LogP contribution is 2.32. The molecule has 4 rings (SSSR count). The van der Waals surface area contributed by atoms with E-state index in [1.54, 1.807) is 18.6 Å². The van der Waals surface area contributed by atoms with Gasteiger partial charge in [-0.2, -0.15) is 9.94 Å². The fourth-order valence-electron chi connectivity index (χ4n) is 2.61. The Morgan fingerprint density at radius 3 is 2.75 bits per heavy atom. The third-order valence-electron chi connectivity index (χ3n) is 4.01. The normalized spacial score (nSPS) is 11.7. The highest BCUT2D eigenvalue weighted by atomic mass is 32.1. The van der Waals surface area contributed by atoms with Gasteiger partial charge in [0, 0.05) is 10.9 Å². The van der Waals surface area contributed by atoms with Crippen LogP contribution in [0.25, 0.3) is 16.9 Å². The summed E-state index contributed by atoms with van der Waals surface area (Å²) in [4.78, 5) is 18.0. The second-order valence-electron chi connectivity index (χ2n) is 5.62. The molecule has 28 heavy (non-hydrogen) atoms. The van der Waals surface area contributed by atoms with E-state index >= 15 is 0 Å². The number of hydrogen-bond acceptors (Lipinski definition) is 9. The van der Waals surface area contributed by atoms with Crippen molar-refractivity contribution in [3.63, 3.8) is 0 Å². The van der Waals surface area contributed by atoms with E-state index in [0.717, 1.165) is 11.3 Å². The van der Waals surface area contributed by atoms with Crippen molar-refractivity contribution in [3.8, 4) is 28.8 Å². The number of rotatable bonds is 6. The number of ether oxygens (including phenoxy) is 1. The summed E-state index contributed by atoms with van der Waals surface area (Å²) >= 11 is 2.54. The number of thiophene rings is 1. The Morgan fingerprint density at radius 2 is 2.07 bits per heavy atom. The molecule has 138 valence electrons. The van der Waals surface area contributed by atoms with Gasteiger partial charge in [-0.05, 0) is 46.1 Å².